The molecule has 1 heterocycles. The predicted octanol–water partition coefficient (Wildman–Crippen LogP) is 1.60. The average Bonchev–Trinajstić information content (AvgIpc) is 2.90. The van der Waals surface area contributed by atoms with Crippen molar-refractivity contribution in [1.29, 1.82) is 0 Å². The summed E-state index contributed by atoms with van der Waals surface area (Å²) in [4.78, 5) is 15.5. The molecule has 1 amide bonds. The molecule has 5 nitrogen and oxygen atoms in total. The molecule has 100 valence electrons. The van der Waals surface area contributed by atoms with Crippen LogP contribution in [-0.4, -0.2) is 33.4 Å². The fourth-order valence-corrected chi connectivity index (χ4v) is 1.98. The lowest BCUT2D eigenvalue weighted by atomic mass is 10.2. The molecule has 0 fully saturated rings. The second-order valence-electron chi connectivity index (χ2n) is 3.52. The van der Waals surface area contributed by atoms with Crippen molar-refractivity contribution in [2.24, 2.45) is 0 Å². The van der Waals surface area contributed by atoms with Crippen LogP contribution in [0, 0.1) is 11.6 Å². The average molecular weight is 284 g/mol. The van der Waals surface area contributed by atoms with Crippen LogP contribution < -0.4 is 5.32 Å². The molecule has 0 bridgehead atoms. The summed E-state index contributed by atoms with van der Waals surface area (Å²) in [6.07, 6.45) is 1.38. The van der Waals surface area contributed by atoms with Gasteiger partial charge >= 0.3 is 0 Å². The Morgan fingerprint density at radius 3 is 3.00 bits per heavy atom. The van der Waals surface area contributed by atoms with Crippen molar-refractivity contribution in [2.75, 3.05) is 12.3 Å². The standard InChI is InChI=1S/C11H10F2N4OS/c12-7-1-2-9(13)8(5-7)10(18)14-3-4-19-11-15-6-16-17-11/h1-2,5-6H,3-4H2,(H,14,18)(H,15,16,17). The van der Waals surface area contributed by atoms with Crippen LogP contribution in [0.3, 0.4) is 0 Å². The minimum Gasteiger partial charge on any atom is -0.351 e. The number of halogens is 2. The summed E-state index contributed by atoms with van der Waals surface area (Å²) in [7, 11) is 0. The van der Waals surface area contributed by atoms with Crippen LogP contribution in [0.1, 0.15) is 10.4 Å². The Morgan fingerprint density at radius 1 is 1.42 bits per heavy atom. The van der Waals surface area contributed by atoms with Crippen LogP contribution in [0.4, 0.5) is 8.78 Å². The molecule has 2 N–H and O–H groups in total. The van der Waals surface area contributed by atoms with E-state index >= 15 is 0 Å². The number of H-pyrrole nitrogens is 1. The van der Waals surface area contributed by atoms with Crippen molar-refractivity contribution in [2.45, 2.75) is 5.16 Å². The number of hydrogen-bond acceptors (Lipinski definition) is 4. The first-order valence-corrected chi connectivity index (χ1v) is 6.37. The number of benzene rings is 1. The first kappa shape index (κ1) is 13.5. The van der Waals surface area contributed by atoms with E-state index in [0.29, 0.717) is 17.5 Å². The zero-order valence-electron chi connectivity index (χ0n) is 9.69. The first-order valence-electron chi connectivity index (χ1n) is 5.38. The van der Waals surface area contributed by atoms with Gasteiger partial charge in [0.2, 0.25) is 0 Å². The van der Waals surface area contributed by atoms with E-state index in [1.165, 1.54) is 18.1 Å². The van der Waals surface area contributed by atoms with E-state index in [4.69, 9.17) is 0 Å². The number of aromatic nitrogens is 3. The molecule has 2 rings (SSSR count). The van der Waals surface area contributed by atoms with Gasteiger partial charge in [-0.25, -0.2) is 13.8 Å². The number of amides is 1. The highest BCUT2D eigenvalue weighted by molar-refractivity contribution is 7.99. The highest BCUT2D eigenvalue weighted by Crippen LogP contribution is 2.11. The van der Waals surface area contributed by atoms with Crippen LogP contribution in [0.15, 0.2) is 29.7 Å². The predicted molar refractivity (Wildman–Crippen MR) is 65.8 cm³/mol. The van der Waals surface area contributed by atoms with E-state index in [2.05, 4.69) is 20.5 Å². The molecule has 0 unspecified atom stereocenters. The third-order valence-electron chi connectivity index (χ3n) is 2.19. The Morgan fingerprint density at radius 2 is 2.26 bits per heavy atom. The molecule has 1 aromatic heterocycles. The highest BCUT2D eigenvalue weighted by Gasteiger charge is 2.12. The zero-order chi connectivity index (χ0) is 13.7. The van der Waals surface area contributed by atoms with E-state index in [0.717, 1.165) is 18.2 Å². The maximum absolute atomic E-state index is 13.3. The lowest BCUT2D eigenvalue weighted by molar-refractivity contribution is 0.0951. The van der Waals surface area contributed by atoms with E-state index < -0.39 is 17.5 Å². The molecular formula is C11H10F2N4OS. The highest BCUT2D eigenvalue weighted by atomic mass is 32.2. The van der Waals surface area contributed by atoms with Crippen molar-refractivity contribution in [3.8, 4) is 0 Å². The lowest BCUT2D eigenvalue weighted by Gasteiger charge is -2.05. The van der Waals surface area contributed by atoms with Crippen LogP contribution in [0.25, 0.3) is 0 Å². The summed E-state index contributed by atoms with van der Waals surface area (Å²) in [6.45, 7) is 0.306. The monoisotopic (exact) mass is 284 g/mol. The minimum absolute atomic E-state index is 0.301. The van der Waals surface area contributed by atoms with Gasteiger partial charge in [-0.3, -0.25) is 9.89 Å². The number of hydrogen-bond donors (Lipinski definition) is 2. The molecule has 0 aliphatic carbocycles. The molecule has 0 aliphatic heterocycles. The summed E-state index contributed by atoms with van der Waals surface area (Å²) in [5.74, 6) is -1.50. The second kappa shape index (κ2) is 6.28. The SMILES string of the molecule is O=C(NCCSc1ncn[nH]1)c1cc(F)ccc1F. The van der Waals surface area contributed by atoms with Gasteiger partial charge in [0.1, 0.15) is 18.0 Å². The molecule has 0 saturated carbocycles. The molecule has 2 aromatic rings. The van der Waals surface area contributed by atoms with Gasteiger partial charge < -0.3 is 5.32 Å². The van der Waals surface area contributed by atoms with E-state index in [1.54, 1.807) is 0 Å². The number of nitrogens with zero attached hydrogens (tertiary/aromatic N) is 2. The van der Waals surface area contributed by atoms with Gasteiger partial charge in [-0.05, 0) is 18.2 Å². The largest absolute Gasteiger partial charge is 0.351 e. The van der Waals surface area contributed by atoms with Crippen molar-refractivity contribution >= 4 is 17.7 Å². The summed E-state index contributed by atoms with van der Waals surface area (Å²) in [5.41, 5.74) is -0.301. The summed E-state index contributed by atoms with van der Waals surface area (Å²) >= 11 is 1.36. The Bertz CT molecular complexity index is 562. The molecule has 0 aliphatic rings. The Hall–Kier alpha value is -1.96. The van der Waals surface area contributed by atoms with Gasteiger partial charge in [0.15, 0.2) is 5.16 Å². The number of thioether (sulfide) groups is 1. The zero-order valence-corrected chi connectivity index (χ0v) is 10.5. The summed E-state index contributed by atoms with van der Waals surface area (Å²) < 4.78 is 26.2. The third kappa shape index (κ3) is 3.75. The van der Waals surface area contributed by atoms with E-state index in [9.17, 15) is 13.6 Å². The molecule has 0 spiro atoms. The van der Waals surface area contributed by atoms with Crippen molar-refractivity contribution in [3.63, 3.8) is 0 Å². The van der Waals surface area contributed by atoms with Crippen LogP contribution in [0.2, 0.25) is 0 Å². The molecule has 0 atom stereocenters. The smallest absolute Gasteiger partial charge is 0.254 e. The molecule has 1 aromatic carbocycles. The van der Waals surface area contributed by atoms with E-state index in [1.807, 2.05) is 0 Å². The van der Waals surface area contributed by atoms with Gasteiger partial charge in [0.25, 0.3) is 5.91 Å². The summed E-state index contributed by atoms with van der Waals surface area (Å²) in [5, 5.41) is 9.45. The fraction of sp³-hybridized carbons (Fsp3) is 0.182. The Labute approximate surface area is 111 Å². The van der Waals surface area contributed by atoms with Crippen molar-refractivity contribution in [3.05, 3.63) is 41.7 Å². The van der Waals surface area contributed by atoms with Crippen molar-refractivity contribution < 1.29 is 13.6 Å². The maximum Gasteiger partial charge on any atom is 0.254 e. The van der Waals surface area contributed by atoms with Gasteiger partial charge in [-0.15, -0.1) is 0 Å². The Kier molecular flexibility index (Phi) is 4.45. The number of rotatable bonds is 5. The lowest BCUT2D eigenvalue weighted by Crippen LogP contribution is -2.26. The quantitative estimate of drug-likeness (QED) is 0.646. The van der Waals surface area contributed by atoms with Gasteiger partial charge in [-0.2, -0.15) is 5.10 Å². The molecular weight excluding hydrogens is 274 g/mol. The number of carbonyl (C=O) groups is 1. The third-order valence-corrected chi connectivity index (χ3v) is 3.07. The summed E-state index contributed by atoms with van der Waals surface area (Å²) in [6, 6.07) is 2.76. The normalized spacial score (nSPS) is 10.4. The van der Waals surface area contributed by atoms with Crippen LogP contribution >= 0.6 is 11.8 Å². The topological polar surface area (TPSA) is 70.7 Å². The fourth-order valence-electron chi connectivity index (χ4n) is 1.34. The number of nitrogens with one attached hydrogen (secondary N) is 2. The molecule has 8 heteroatoms. The number of aromatic amines is 1. The van der Waals surface area contributed by atoms with Crippen LogP contribution in [0.5, 0.6) is 0 Å². The molecule has 0 saturated heterocycles. The second-order valence-corrected chi connectivity index (χ2v) is 4.60. The van der Waals surface area contributed by atoms with E-state index in [-0.39, 0.29) is 5.56 Å². The molecule has 0 radical (unpaired) electrons. The maximum atomic E-state index is 13.3. The number of carbonyl (C=O) groups excluding carboxylic acids is 1. The Balaban J connectivity index is 1.82. The first-order chi connectivity index (χ1) is 9.16. The van der Waals surface area contributed by atoms with Gasteiger partial charge in [0.05, 0.1) is 5.56 Å². The van der Waals surface area contributed by atoms with Crippen molar-refractivity contribution in [1.82, 2.24) is 20.5 Å². The molecule has 19 heavy (non-hydrogen) atoms. The van der Waals surface area contributed by atoms with Gasteiger partial charge in [0, 0.05) is 12.3 Å². The van der Waals surface area contributed by atoms with Crippen LogP contribution in [-0.2, 0) is 0 Å². The minimum atomic E-state index is -0.748. The van der Waals surface area contributed by atoms with Gasteiger partial charge in [-0.1, -0.05) is 11.8 Å².